The molecule has 0 saturated carbocycles. The molecule has 1 amide bonds. The number of benzene rings is 2. The van der Waals surface area contributed by atoms with Gasteiger partial charge in [0.15, 0.2) is 5.82 Å². The summed E-state index contributed by atoms with van der Waals surface area (Å²) in [5.74, 6) is 1.20. The summed E-state index contributed by atoms with van der Waals surface area (Å²) in [6.45, 7) is 0.784. The van der Waals surface area contributed by atoms with Crippen molar-refractivity contribution in [3.63, 3.8) is 0 Å². The van der Waals surface area contributed by atoms with Crippen molar-refractivity contribution in [3.8, 4) is 5.75 Å². The van der Waals surface area contributed by atoms with Crippen molar-refractivity contribution in [3.05, 3.63) is 71.5 Å². The van der Waals surface area contributed by atoms with Gasteiger partial charge in [0, 0.05) is 12.6 Å². The van der Waals surface area contributed by atoms with Crippen molar-refractivity contribution in [1.82, 2.24) is 25.1 Å². The van der Waals surface area contributed by atoms with E-state index in [1.54, 1.807) is 31.2 Å². The molecule has 1 aromatic heterocycles. The first-order valence-corrected chi connectivity index (χ1v) is 7.86. The van der Waals surface area contributed by atoms with Crippen molar-refractivity contribution >= 4 is 5.91 Å². The van der Waals surface area contributed by atoms with Crippen molar-refractivity contribution in [2.75, 3.05) is 14.2 Å². The molecule has 0 aliphatic heterocycles. The van der Waals surface area contributed by atoms with E-state index in [-0.39, 0.29) is 5.91 Å². The van der Waals surface area contributed by atoms with Gasteiger partial charge in [-0.3, -0.25) is 4.79 Å². The lowest BCUT2D eigenvalue weighted by molar-refractivity contribution is 0.0781. The molecule has 0 radical (unpaired) electrons. The third kappa shape index (κ3) is 4.20. The van der Waals surface area contributed by atoms with Gasteiger partial charge in [-0.2, -0.15) is 4.80 Å². The number of carbonyl (C=O) groups excluding carboxylic acids is 1. The first-order chi connectivity index (χ1) is 12.2. The Kier molecular flexibility index (Phi) is 5.03. The fourth-order valence-electron chi connectivity index (χ4n) is 2.43. The molecular weight excluding hydrogens is 318 g/mol. The third-order valence-corrected chi connectivity index (χ3v) is 3.70. The van der Waals surface area contributed by atoms with Crippen LogP contribution in [0.3, 0.4) is 0 Å². The predicted molar refractivity (Wildman–Crippen MR) is 92.2 cm³/mol. The lowest BCUT2D eigenvalue weighted by Gasteiger charge is -2.14. The lowest BCUT2D eigenvalue weighted by atomic mass is 10.2. The number of aromatic nitrogens is 4. The Morgan fingerprint density at radius 2 is 1.96 bits per heavy atom. The summed E-state index contributed by atoms with van der Waals surface area (Å²) in [4.78, 5) is 15.4. The van der Waals surface area contributed by atoms with Crippen LogP contribution in [0.2, 0.25) is 0 Å². The van der Waals surface area contributed by atoms with Gasteiger partial charge in [-0.15, -0.1) is 10.2 Å². The first-order valence-electron chi connectivity index (χ1n) is 7.86. The second-order valence-electron chi connectivity index (χ2n) is 5.61. The van der Waals surface area contributed by atoms with Crippen LogP contribution in [0.5, 0.6) is 5.75 Å². The summed E-state index contributed by atoms with van der Waals surface area (Å²) < 4.78 is 5.21. The second kappa shape index (κ2) is 7.57. The van der Waals surface area contributed by atoms with Crippen LogP contribution in [0.25, 0.3) is 0 Å². The van der Waals surface area contributed by atoms with E-state index in [1.165, 1.54) is 4.80 Å². The third-order valence-electron chi connectivity index (χ3n) is 3.70. The van der Waals surface area contributed by atoms with Gasteiger partial charge >= 0.3 is 0 Å². The van der Waals surface area contributed by atoms with Crippen LogP contribution in [0.4, 0.5) is 0 Å². The molecule has 2 aromatic carbocycles. The largest absolute Gasteiger partial charge is 0.497 e. The number of methoxy groups -OCH3 is 1. The highest BCUT2D eigenvalue weighted by atomic mass is 16.5. The van der Waals surface area contributed by atoms with Gasteiger partial charge in [0.2, 0.25) is 0 Å². The van der Waals surface area contributed by atoms with Crippen molar-refractivity contribution < 1.29 is 9.53 Å². The highest BCUT2D eigenvalue weighted by molar-refractivity contribution is 5.93. The summed E-state index contributed by atoms with van der Waals surface area (Å²) in [6.07, 6.45) is 0. The molecule has 0 saturated heterocycles. The van der Waals surface area contributed by atoms with Gasteiger partial charge < -0.3 is 9.64 Å². The number of ether oxygens (including phenoxy) is 1. The molecule has 128 valence electrons. The summed E-state index contributed by atoms with van der Waals surface area (Å²) >= 11 is 0. The molecule has 3 aromatic rings. The molecule has 1 heterocycles. The first kappa shape index (κ1) is 16.6. The van der Waals surface area contributed by atoms with E-state index >= 15 is 0 Å². The molecule has 0 aliphatic rings. The monoisotopic (exact) mass is 337 g/mol. The Hall–Kier alpha value is -3.22. The van der Waals surface area contributed by atoms with Crippen LogP contribution in [-0.2, 0) is 13.1 Å². The Morgan fingerprint density at radius 1 is 1.16 bits per heavy atom. The highest BCUT2D eigenvalue weighted by Crippen LogP contribution is 2.13. The maximum absolute atomic E-state index is 12.3. The van der Waals surface area contributed by atoms with Gasteiger partial charge in [-0.1, -0.05) is 30.3 Å². The van der Waals surface area contributed by atoms with Crippen molar-refractivity contribution in [2.45, 2.75) is 13.1 Å². The number of carbonyl (C=O) groups is 1. The van der Waals surface area contributed by atoms with Gasteiger partial charge in [0.1, 0.15) is 5.75 Å². The van der Waals surface area contributed by atoms with Gasteiger partial charge in [0.25, 0.3) is 5.91 Å². The van der Waals surface area contributed by atoms with Crippen molar-refractivity contribution in [2.24, 2.45) is 0 Å². The minimum atomic E-state index is -0.0789. The summed E-state index contributed by atoms with van der Waals surface area (Å²) in [6, 6.07) is 16.8. The number of hydrogen-bond donors (Lipinski definition) is 0. The maximum Gasteiger partial charge on any atom is 0.254 e. The Balaban J connectivity index is 1.64. The van der Waals surface area contributed by atoms with E-state index < -0.39 is 0 Å². The molecule has 0 unspecified atom stereocenters. The molecule has 3 rings (SSSR count). The van der Waals surface area contributed by atoms with Gasteiger partial charge in [-0.05, 0) is 35.0 Å². The molecule has 7 heteroatoms. The number of tetrazole rings is 1. The van der Waals surface area contributed by atoms with Crippen LogP contribution in [0.1, 0.15) is 21.7 Å². The molecule has 0 N–H and O–H groups in total. The van der Waals surface area contributed by atoms with E-state index in [4.69, 9.17) is 4.74 Å². The number of nitrogens with zero attached hydrogens (tertiary/aromatic N) is 5. The molecule has 7 nitrogen and oxygen atoms in total. The van der Waals surface area contributed by atoms with Crippen LogP contribution >= 0.6 is 0 Å². The zero-order valence-electron chi connectivity index (χ0n) is 14.2. The van der Waals surface area contributed by atoms with E-state index in [0.29, 0.717) is 24.5 Å². The minimum absolute atomic E-state index is 0.0789. The van der Waals surface area contributed by atoms with Crippen LogP contribution in [0.15, 0.2) is 54.6 Å². The molecule has 0 spiro atoms. The normalized spacial score (nSPS) is 10.5. The van der Waals surface area contributed by atoms with Crippen LogP contribution in [-0.4, -0.2) is 45.2 Å². The number of amides is 1. The van der Waals surface area contributed by atoms with E-state index in [2.05, 4.69) is 15.4 Å². The molecule has 25 heavy (non-hydrogen) atoms. The summed E-state index contributed by atoms with van der Waals surface area (Å²) in [5.41, 5.74) is 1.64. The molecular formula is C18H19N5O2. The SMILES string of the molecule is COc1cccc(Cn2nnc(CN(C)C(=O)c3ccccc3)n2)c1. The van der Waals surface area contributed by atoms with Crippen LogP contribution in [0, 0.1) is 0 Å². The summed E-state index contributed by atoms with van der Waals surface area (Å²) in [7, 11) is 3.35. The van der Waals surface area contributed by atoms with E-state index in [9.17, 15) is 4.79 Å². The Bertz CT molecular complexity index is 847. The molecule has 0 atom stereocenters. The van der Waals surface area contributed by atoms with Crippen molar-refractivity contribution in [1.29, 1.82) is 0 Å². The summed E-state index contributed by atoms with van der Waals surface area (Å²) in [5, 5.41) is 12.4. The van der Waals surface area contributed by atoms with E-state index in [1.807, 2.05) is 42.5 Å². The zero-order valence-corrected chi connectivity index (χ0v) is 14.2. The second-order valence-corrected chi connectivity index (χ2v) is 5.61. The standard InChI is InChI=1S/C18H19N5O2/c1-22(18(24)15-8-4-3-5-9-15)13-17-19-21-23(20-17)12-14-7-6-10-16(11-14)25-2/h3-11H,12-13H2,1-2H3. The Labute approximate surface area is 145 Å². The molecule has 0 aliphatic carbocycles. The van der Waals surface area contributed by atoms with Gasteiger partial charge in [-0.25, -0.2) is 0 Å². The average Bonchev–Trinajstić information content (AvgIpc) is 3.08. The van der Waals surface area contributed by atoms with E-state index in [0.717, 1.165) is 11.3 Å². The zero-order chi connectivity index (χ0) is 17.6. The van der Waals surface area contributed by atoms with Gasteiger partial charge in [0.05, 0.1) is 20.2 Å². The number of rotatable bonds is 6. The maximum atomic E-state index is 12.3. The molecule has 0 bridgehead atoms. The van der Waals surface area contributed by atoms with Crippen LogP contribution < -0.4 is 4.74 Å². The lowest BCUT2D eigenvalue weighted by Crippen LogP contribution is -2.26. The Morgan fingerprint density at radius 3 is 2.72 bits per heavy atom. The fourth-order valence-corrected chi connectivity index (χ4v) is 2.43. The average molecular weight is 337 g/mol. The topological polar surface area (TPSA) is 73.1 Å². The smallest absolute Gasteiger partial charge is 0.254 e. The fraction of sp³-hybridized carbons (Fsp3) is 0.222. The predicted octanol–water partition coefficient (Wildman–Crippen LogP) is 2.00. The quantitative estimate of drug-likeness (QED) is 0.688. The molecule has 0 fully saturated rings. The number of hydrogen-bond acceptors (Lipinski definition) is 5. The minimum Gasteiger partial charge on any atom is -0.497 e. The highest BCUT2D eigenvalue weighted by Gasteiger charge is 2.14.